The number of rotatable bonds is 4. The van der Waals surface area contributed by atoms with Crippen molar-refractivity contribution in [2.45, 2.75) is 39.0 Å². The second-order valence-electron chi connectivity index (χ2n) is 6.83. The highest BCUT2D eigenvalue weighted by atomic mass is 32.2. The van der Waals surface area contributed by atoms with E-state index in [4.69, 9.17) is 5.26 Å². The molecule has 2 atom stereocenters. The Bertz CT molecular complexity index is 850. The van der Waals surface area contributed by atoms with Gasteiger partial charge in [0.25, 0.3) is 10.0 Å². The predicted molar refractivity (Wildman–Crippen MR) is 87.3 cm³/mol. The lowest BCUT2D eigenvalue weighted by Gasteiger charge is -2.49. The fourth-order valence-electron chi connectivity index (χ4n) is 3.28. The standard InChI is InChI=1S/C17H20N2O4S/c1-10-5-6-12(9-18)7-15(10)24(22,23)19-16(21)14-8-13(11(2)20)17(14,3)4/h5-7,13-14H,8H2,1-4H3,(H,19,21)/t13-,14+/m0/s1. The molecule has 6 nitrogen and oxygen atoms in total. The van der Waals surface area contributed by atoms with Crippen LogP contribution >= 0.6 is 0 Å². The van der Waals surface area contributed by atoms with Gasteiger partial charge in [0, 0.05) is 11.8 Å². The zero-order valence-electron chi connectivity index (χ0n) is 14.1. The zero-order valence-corrected chi connectivity index (χ0v) is 14.9. The zero-order chi connectivity index (χ0) is 18.3. The van der Waals surface area contributed by atoms with Gasteiger partial charge in [0.05, 0.1) is 16.5 Å². The third-order valence-corrected chi connectivity index (χ3v) is 6.41. The number of ketones is 1. The highest BCUT2D eigenvalue weighted by Gasteiger charge is 2.54. The average Bonchev–Trinajstić information content (AvgIpc) is 2.45. The molecule has 0 aliphatic heterocycles. The summed E-state index contributed by atoms with van der Waals surface area (Å²) in [6, 6.07) is 6.17. The Morgan fingerprint density at radius 3 is 2.42 bits per heavy atom. The third kappa shape index (κ3) is 3.06. The van der Waals surface area contributed by atoms with E-state index in [9.17, 15) is 18.0 Å². The second-order valence-corrected chi connectivity index (χ2v) is 8.49. The van der Waals surface area contributed by atoms with Gasteiger partial charge in [0.2, 0.25) is 5.91 Å². The predicted octanol–water partition coefficient (Wildman–Crippen LogP) is 1.92. The lowest BCUT2D eigenvalue weighted by atomic mass is 9.53. The molecular formula is C17H20N2O4S. The highest BCUT2D eigenvalue weighted by molar-refractivity contribution is 7.90. The van der Waals surface area contributed by atoms with Crippen LogP contribution in [0.4, 0.5) is 0 Å². The first-order chi connectivity index (χ1) is 11.0. The molecule has 7 heteroatoms. The van der Waals surface area contributed by atoms with Crippen molar-refractivity contribution in [3.63, 3.8) is 0 Å². The van der Waals surface area contributed by atoms with Gasteiger partial charge in [-0.1, -0.05) is 19.9 Å². The number of nitrogens with one attached hydrogen (secondary N) is 1. The first-order valence-corrected chi connectivity index (χ1v) is 9.07. The number of sulfonamides is 1. The van der Waals surface area contributed by atoms with Crippen LogP contribution in [0.15, 0.2) is 23.1 Å². The summed E-state index contributed by atoms with van der Waals surface area (Å²) in [6.07, 6.45) is 0.348. The minimum Gasteiger partial charge on any atom is -0.300 e. The summed E-state index contributed by atoms with van der Waals surface area (Å²) in [6.45, 7) is 6.66. The monoisotopic (exact) mass is 348 g/mol. The van der Waals surface area contributed by atoms with E-state index in [-0.39, 0.29) is 22.2 Å². The van der Waals surface area contributed by atoms with Crippen LogP contribution in [-0.2, 0) is 19.6 Å². The van der Waals surface area contributed by atoms with Gasteiger partial charge in [-0.15, -0.1) is 0 Å². The molecule has 128 valence electrons. The summed E-state index contributed by atoms with van der Waals surface area (Å²) in [5.41, 5.74) is 0.0763. The summed E-state index contributed by atoms with van der Waals surface area (Å²) < 4.78 is 27.1. The maximum Gasteiger partial charge on any atom is 0.264 e. The van der Waals surface area contributed by atoms with Crippen LogP contribution in [0, 0.1) is 35.5 Å². The topological polar surface area (TPSA) is 104 Å². The van der Waals surface area contributed by atoms with Crippen molar-refractivity contribution >= 4 is 21.7 Å². The number of carbonyl (C=O) groups excluding carboxylic acids is 2. The number of aryl methyl sites for hydroxylation is 1. The van der Waals surface area contributed by atoms with Gasteiger partial charge in [-0.05, 0) is 43.4 Å². The largest absolute Gasteiger partial charge is 0.300 e. The molecule has 24 heavy (non-hydrogen) atoms. The average molecular weight is 348 g/mol. The van der Waals surface area contributed by atoms with Crippen LogP contribution in [0.3, 0.4) is 0 Å². The Labute approximate surface area is 141 Å². The van der Waals surface area contributed by atoms with Crippen molar-refractivity contribution in [1.82, 2.24) is 4.72 Å². The van der Waals surface area contributed by atoms with E-state index < -0.39 is 27.3 Å². The molecule has 1 fully saturated rings. The van der Waals surface area contributed by atoms with E-state index in [1.807, 2.05) is 6.07 Å². The van der Waals surface area contributed by atoms with Gasteiger partial charge in [-0.25, -0.2) is 13.1 Å². The van der Waals surface area contributed by atoms with Gasteiger partial charge in [0.1, 0.15) is 5.78 Å². The van der Waals surface area contributed by atoms with Gasteiger partial charge < -0.3 is 0 Å². The number of nitrogens with zero attached hydrogens (tertiary/aromatic N) is 1. The van der Waals surface area contributed by atoms with Gasteiger partial charge in [-0.3, -0.25) is 9.59 Å². The summed E-state index contributed by atoms with van der Waals surface area (Å²) in [4.78, 5) is 23.9. The van der Waals surface area contributed by atoms with E-state index in [1.165, 1.54) is 25.1 Å². The van der Waals surface area contributed by atoms with Crippen LogP contribution in [0.5, 0.6) is 0 Å². The van der Waals surface area contributed by atoms with Crippen molar-refractivity contribution in [2.24, 2.45) is 17.3 Å². The molecule has 0 saturated heterocycles. The molecule has 2 rings (SSSR count). The molecule has 1 aromatic carbocycles. The number of hydrogen-bond acceptors (Lipinski definition) is 5. The quantitative estimate of drug-likeness (QED) is 0.895. The summed E-state index contributed by atoms with van der Waals surface area (Å²) in [7, 11) is -4.07. The molecule has 1 aliphatic carbocycles. The molecule has 1 N–H and O–H groups in total. The smallest absolute Gasteiger partial charge is 0.264 e. The van der Waals surface area contributed by atoms with Crippen molar-refractivity contribution in [3.8, 4) is 6.07 Å². The van der Waals surface area contributed by atoms with Crippen LogP contribution in [0.1, 0.15) is 38.3 Å². The Balaban J connectivity index is 2.24. The first kappa shape index (κ1) is 18.1. The van der Waals surface area contributed by atoms with Crippen molar-refractivity contribution in [1.29, 1.82) is 5.26 Å². The Kier molecular flexibility index (Phi) is 4.55. The number of nitriles is 1. The molecule has 1 amide bonds. The number of Topliss-reactive ketones (excluding diaryl/α,β-unsaturated/α-hetero) is 1. The van der Waals surface area contributed by atoms with E-state index in [0.29, 0.717) is 12.0 Å². The van der Waals surface area contributed by atoms with E-state index >= 15 is 0 Å². The molecule has 0 bridgehead atoms. The molecule has 0 unspecified atom stereocenters. The maximum absolute atomic E-state index is 12.5. The summed E-state index contributed by atoms with van der Waals surface area (Å²) in [5.74, 6) is -1.39. The molecule has 1 aromatic rings. The van der Waals surface area contributed by atoms with Crippen LogP contribution in [0.2, 0.25) is 0 Å². The highest BCUT2D eigenvalue weighted by Crippen LogP contribution is 2.51. The van der Waals surface area contributed by atoms with Gasteiger partial charge >= 0.3 is 0 Å². The number of amides is 1. The number of hydrogen-bond donors (Lipinski definition) is 1. The first-order valence-electron chi connectivity index (χ1n) is 7.58. The Hall–Kier alpha value is -2.20. The molecule has 0 aromatic heterocycles. The van der Waals surface area contributed by atoms with Crippen LogP contribution in [0.25, 0.3) is 0 Å². The van der Waals surface area contributed by atoms with E-state index in [0.717, 1.165) is 0 Å². The fraction of sp³-hybridized carbons (Fsp3) is 0.471. The molecule has 0 radical (unpaired) electrons. The normalized spacial score (nSPS) is 22.1. The summed E-state index contributed by atoms with van der Waals surface area (Å²) in [5, 5.41) is 8.92. The summed E-state index contributed by atoms with van der Waals surface area (Å²) >= 11 is 0. The van der Waals surface area contributed by atoms with E-state index in [1.54, 1.807) is 20.8 Å². The van der Waals surface area contributed by atoms with Gasteiger partial charge in [-0.2, -0.15) is 5.26 Å². The molecule has 1 aliphatic rings. The minimum absolute atomic E-state index is 0.00414. The second kappa shape index (κ2) is 6.02. The van der Waals surface area contributed by atoms with Crippen molar-refractivity contribution in [3.05, 3.63) is 29.3 Å². The van der Waals surface area contributed by atoms with Crippen LogP contribution < -0.4 is 4.72 Å². The molecule has 0 spiro atoms. The van der Waals surface area contributed by atoms with E-state index in [2.05, 4.69) is 4.72 Å². The minimum atomic E-state index is -4.07. The number of benzene rings is 1. The lowest BCUT2D eigenvalue weighted by Crippen LogP contribution is -2.55. The van der Waals surface area contributed by atoms with Gasteiger partial charge in [0.15, 0.2) is 0 Å². The molecular weight excluding hydrogens is 328 g/mol. The third-order valence-electron chi connectivity index (χ3n) is 4.92. The Morgan fingerprint density at radius 1 is 1.29 bits per heavy atom. The molecule has 1 saturated carbocycles. The SMILES string of the molecule is CC(=O)[C@@H]1C[C@H](C(=O)NS(=O)(=O)c2cc(C#N)ccc2C)C1(C)C. The number of carbonyl (C=O) groups is 2. The Morgan fingerprint density at radius 2 is 1.92 bits per heavy atom. The van der Waals surface area contributed by atoms with Crippen LogP contribution in [-0.4, -0.2) is 20.1 Å². The lowest BCUT2D eigenvalue weighted by molar-refractivity contribution is -0.147. The van der Waals surface area contributed by atoms with Crippen molar-refractivity contribution < 1.29 is 18.0 Å². The van der Waals surface area contributed by atoms with Crippen molar-refractivity contribution in [2.75, 3.05) is 0 Å². The fourth-order valence-corrected chi connectivity index (χ4v) is 4.57. The molecule has 0 heterocycles. The maximum atomic E-state index is 12.5.